The number of aromatic nitrogens is 2. The van der Waals surface area contributed by atoms with E-state index in [1.54, 1.807) is 18.2 Å². The summed E-state index contributed by atoms with van der Waals surface area (Å²) < 4.78 is 47.3. The quantitative estimate of drug-likeness (QED) is 0.353. The minimum atomic E-state index is -4.03. The van der Waals surface area contributed by atoms with E-state index in [0.29, 0.717) is 47.1 Å². The van der Waals surface area contributed by atoms with Crippen LogP contribution in [-0.4, -0.2) is 44.5 Å². The zero-order valence-electron chi connectivity index (χ0n) is 19.7. The minimum Gasteiger partial charge on any atom is -0.489 e. The molecular weight excluding hydrogens is 521 g/mol. The molecule has 0 bridgehead atoms. The van der Waals surface area contributed by atoms with Gasteiger partial charge in [-0.2, -0.15) is 0 Å². The van der Waals surface area contributed by atoms with E-state index in [0.717, 1.165) is 29.7 Å². The van der Waals surface area contributed by atoms with Crippen LogP contribution in [0.3, 0.4) is 0 Å². The van der Waals surface area contributed by atoms with Crippen molar-refractivity contribution in [2.24, 2.45) is 0 Å². The van der Waals surface area contributed by atoms with Crippen LogP contribution in [0.4, 0.5) is 21.6 Å². The van der Waals surface area contributed by atoms with Crippen LogP contribution in [0.25, 0.3) is 22.0 Å². The van der Waals surface area contributed by atoms with Gasteiger partial charge in [0.1, 0.15) is 18.1 Å². The molecule has 1 aliphatic rings. The van der Waals surface area contributed by atoms with Crippen molar-refractivity contribution >= 4 is 55.6 Å². The number of anilines is 3. The van der Waals surface area contributed by atoms with Gasteiger partial charge < -0.3 is 15.0 Å². The summed E-state index contributed by atoms with van der Waals surface area (Å²) in [7, 11) is -2.13. The fourth-order valence-corrected chi connectivity index (χ4v) is 5.31. The van der Waals surface area contributed by atoms with Gasteiger partial charge in [0.2, 0.25) is 5.91 Å². The molecule has 9 nitrogen and oxygen atoms in total. The third-order valence-electron chi connectivity index (χ3n) is 5.80. The molecule has 2 N–H and O–H groups in total. The highest BCUT2D eigenvalue weighted by Crippen LogP contribution is 2.43. The van der Waals surface area contributed by atoms with Gasteiger partial charge in [0.05, 0.1) is 22.6 Å². The Hall–Kier alpha value is -3.96. The monoisotopic (exact) mass is 541 g/mol. The molecular formula is C25H21ClFN5O4S. The molecule has 12 heteroatoms. The Morgan fingerprint density at radius 1 is 1.14 bits per heavy atom. The molecule has 3 heterocycles. The number of pyridine rings is 2. The molecule has 0 radical (unpaired) electrons. The van der Waals surface area contributed by atoms with Crippen LogP contribution in [0.5, 0.6) is 5.75 Å². The summed E-state index contributed by atoms with van der Waals surface area (Å²) in [5.41, 5.74) is 2.66. The maximum atomic E-state index is 13.2. The molecule has 1 aliphatic heterocycles. The second kappa shape index (κ2) is 9.49. The molecule has 190 valence electrons. The molecule has 0 spiro atoms. The van der Waals surface area contributed by atoms with Gasteiger partial charge in [-0.15, -0.1) is 0 Å². The van der Waals surface area contributed by atoms with Crippen molar-refractivity contribution < 1.29 is 22.3 Å². The zero-order valence-corrected chi connectivity index (χ0v) is 21.3. The lowest BCUT2D eigenvalue weighted by atomic mass is 10.0. The molecule has 4 aromatic rings. The summed E-state index contributed by atoms with van der Waals surface area (Å²) in [5, 5.41) is 3.45. The average Bonchev–Trinajstić information content (AvgIpc) is 2.85. The molecule has 0 fully saturated rings. The van der Waals surface area contributed by atoms with Crippen molar-refractivity contribution in [2.45, 2.75) is 11.8 Å². The van der Waals surface area contributed by atoms with E-state index in [2.05, 4.69) is 20.0 Å². The van der Waals surface area contributed by atoms with Gasteiger partial charge in [0.25, 0.3) is 10.0 Å². The molecule has 37 heavy (non-hydrogen) atoms. The van der Waals surface area contributed by atoms with Gasteiger partial charge in [-0.25, -0.2) is 22.8 Å². The number of hydrogen-bond acceptors (Lipinski definition) is 7. The number of carbonyl (C=O) groups excluding carboxylic acids is 1. The first-order chi connectivity index (χ1) is 17.6. The van der Waals surface area contributed by atoms with Crippen LogP contribution in [0.2, 0.25) is 5.15 Å². The Labute approximate surface area is 217 Å². The summed E-state index contributed by atoms with van der Waals surface area (Å²) in [6, 6.07) is 11.5. The summed E-state index contributed by atoms with van der Waals surface area (Å²) in [5.74, 6) is 0.208. The predicted octanol–water partition coefficient (Wildman–Crippen LogP) is 4.68. The number of carbonyl (C=O) groups is 1. The third-order valence-corrected chi connectivity index (χ3v) is 7.49. The maximum absolute atomic E-state index is 13.2. The SMILES string of the molecule is CC(=O)Nc1nc2ccc(-c3cnc(Cl)c(NS(=O)(=O)c4ccc(F)cc4)c3)cc2c2c1N(C)CCO2. The van der Waals surface area contributed by atoms with Crippen molar-refractivity contribution in [1.29, 1.82) is 0 Å². The molecule has 0 aliphatic carbocycles. The van der Waals surface area contributed by atoms with E-state index in [1.807, 2.05) is 18.0 Å². The smallest absolute Gasteiger partial charge is 0.261 e. The van der Waals surface area contributed by atoms with E-state index in [1.165, 1.54) is 13.1 Å². The second-order valence-corrected chi connectivity index (χ2v) is 10.5. The summed E-state index contributed by atoms with van der Waals surface area (Å²) >= 11 is 6.20. The number of fused-ring (bicyclic) bond motifs is 3. The van der Waals surface area contributed by atoms with Crippen LogP contribution in [-0.2, 0) is 14.8 Å². The molecule has 2 aromatic carbocycles. The molecule has 0 saturated heterocycles. The number of nitrogens with one attached hydrogen (secondary N) is 2. The highest BCUT2D eigenvalue weighted by molar-refractivity contribution is 7.92. The van der Waals surface area contributed by atoms with E-state index in [9.17, 15) is 17.6 Å². The van der Waals surface area contributed by atoms with Gasteiger partial charge in [-0.3, -0.25) is 9.52 Å². The lowest BCUT2D eigenvalue weighted by molar-refractivity contribution is -0.114. The number of likely N-dealkylation sites (N-methyl/N-ethyl adjacent to an activating group) is 1. The van der Waals surface area contributed by atoms with Crippen molar-refractivity contribution in [3.8, 4) is 16.9 Å². The van der Waals surface area contributed by atoms with Crippen LogP contribution < -0.4 is 19.7 Å². The molecule has 0 saturated carbocycles. The van der Waals surface area contributed by atoms with E-state index in [4.69, 9.17) is 16.3 Å². The first-order valence-electron chi connectivity index (χ1n) is 11.2. The summed E-state index contributed by atoms with van der Waals surface area (Å²) in [6.45, 7) is 2.51. The van der Waals surface area contributed by atoms with Crippen molar-refractivity contribution in [2.75, 3.05) is 35.1 Å². The molecule has 0 atom stereocenters. The van der Waals surface area contributed by atoms with Gasteiger partial charge in [-0.05, 0) is 48.0 Å². The van der Waals surface area contributed by atoms with Crippen LogP contribution in [0.15, 0.2) is 59.6 Å². The Kier molecular flexibility index (Phi) is 6.34. The number of sulfonamides is 1. The summed E-state index contributed by atoms with van der Waals surface area (Å²) in [6.07, 6.45) is 1.53. The highest BCUT2D eigenvalue weighted by Gasteiger charge is 2.25. The first-order valence-corrected chi connectivity index (χ1v) is 13.0. The molecule has 5 rings (SSSR count). The Balaban J connectivity index is 1.57. The number of nitrogens with zero attached hydrogens (tertiary/aromatic N) is 3. The lowest BCUT2D eigenvalue weighted by Gasteiger charge is -2.30. The molecule has 1 amide bonds. The molecule has 0 unspecified atom stereocenters. The Morgan fingerprint density at radius 2 is 1.89 bits per heavy atom. The summed E-state index contributed by atoms with van der Waals surface area (Å²) in [4.78, 5) is 22.4. The van der Waals surface area contributed by atoms with Gasteiger partial charge in [0.15, 0.2) is 16.7 Å². The zero-order chi connectivity index (χ0) is 26.3. The van der Waals surface area contributed by atoms with E-state index in [-0.39, 0.29) is 21.6 Å². The van der Waals surface area contributed by atoms with Crippen molar-refractivity contribution in [3.63, 3.8) is 0 Å². The highest BCUT2D eigenvalue weighted by atomic mass is 35.5. The van der Waals surface area contributed by atoms with Gasteiger partial charge in [0, 0.05) is 31.1 Å². The number of hydrogen-bond donors (Lipinski definition) is 2. The van der Waals surface area contributed by atoms with E-state index < -0.39 is 15.8 Å². The van der Waals surface area contributed by atoms with Crippen LogP contribution in [0, 0.1) is 5.82 Å². The second-order valence-electron chi connectivity index (χ2n) is 8.44. The van der Waals surface area contributed by atoms with E-state index >= 15 is 0 Å². The predicted molar refractivity (Wildman–Crippen MR) is 140 cm³/mol. The first kappa shape index (κ1) is 24.7. The average molecular weight is 542 g/mol. The Bertz CT molecular complexity index is 1650. The topological polar surface area (TPSA) is 114 Å². The van der Waals surface area contributed by atoms with Crippen LogP contribution >= 0.6 is 11.6 Å². The third kappa shape index (κ3) is 4.87. The lowest BCUT2D eigenvalue weighted by Crippen LogP contribution is -2.30. The standard InChI is InChI=1S/C25H21ClFN5O4S/c1-14(33)29-25-22-23(36-10-9-32(22)2)19-11-15(3-8-20(19)30-25)16-12-21(24(26)28-13-16)31-37(34,35)18-6-4-17(27)5-7-18/h3-8,11-13,31H,9-10H2,1-2H3,(H,29,30,33). The fourth-order valence-electron chi connectivity index (χ4n) is 4.05. The Morgan fingerprint density at radius 3 is 2.62 bits per heavy atom. The number of rotatable bonds is 5. The number of halogens is 2. The van der Waals surface area contributed by atoms with Crippen molar-refractivity contribution in [3.05, 3.63) is 65.7 Å². The van der Waals surface area contributed by atoms with Gasteiger partial charge in [-0.1, -0.05) is 17.7 Å². The minimum absolute atomic E-state index is 0.0424. The fraction of sp³-hybridized carbons (Fsp3) is 0.160. The number of benzene rings is 2. The van der Waals surface area contributed by atoms with Crippen molar-refractivity contribution in [1.82, 2.24) is 9.97 Å². The normalized spacial score (nSPS) is 13.1. The van der Waals surface area contributed by atoms with Gasteiger partial charge >= 0.3 is 0 Å². The maximum Gasteiger partial charge on any atom is 0.261 e. The molecule has 2 aromatic heterocycles. The number of amides is 1. The largest absolute Gasteiger partial charge is 0.489 e. The number of ether oxygens (including phenoxy) is 1. The van der Waals surface area contributed by atoms with Crippen LogP contribution in [0.1, 0.15) is 6.92 Å².